The lowest BCUT2D eigenvalue weighted by molar-refractivity contribution is 0.125. The molecule has 1 heterocycles. The Balaban J connectivity index is 2.40. The predicted molar refractivity (Wildman–Crippen MR) is 39.9 cm³/mol. The van der Waals surface area contributed by atoms with E-state index in [0.717, 1.165) is 13.0 Å². The summed E-state index contributed by atoms with van der Waals surface area (Å²) in [6.45, 7) is 1.46. The summed E-state index contributed by atoms with van der Waals surface area (Å²) in [5.74, 6) is 0. The summed E-state index contributed by atoms with van der Waals surface area (Å²) in [5, 5.41) is 3.02. The van der Waals surface area contributed by atoms with Gasteiger partial charge in [-0.3, -0.25) is 0 Å². The Bertz CT molecular complexity index is 106. The maximum atomic E-state index is 13.0. The third kappa shape index (κ3) is 1.67. The Morgan fingerprint density at radius 1 is 1.50 bits per heavy atom. The summed E-state index contributed by atoms with van der Waals surface area (Å²) in [7, 11) is 3.87. The summed E-state index contributed by atoms with van der Waals surface area (Å²) in [6.07, 6.45) is 0.234. The lowest BCUT2D eigenvalue weighted by Gasteiger charge is -2.31. The van der Waals surface area contributed by atoms with Gasteiger partial charge in [0.1, 0.15) is 6.17 Å². The van der Waals surface area contributed by atoms with Crippen LogP contribution in [0.25, 0.3) is 0 Å². The standard InChI is InChI=1S/C7H15FN2/c1-10(2)7-3-4-9-5-6(7)8/h6-7,9H,3-5H2,1-2H3/t6-,7+/m0/s1. The molecule has 1 saturated heterocycles. The number of nitrogens with zero attached hydrogens (tertiary/aromatic N) is 1. The van der Waals surface area contributed by atoms with E-state index in [4.69, 9.17) is 0 Å². The lowest BCUT2D eigenvalue weighted by atomic mass is 10.0. The molecule has 0 amide bonds. The van der Waals surface area contributed by atoms with Gasteiger partial charge in [0.2, 0.25) is 0 Å². The Hall–Kier alpha value is -0.150. The van der Waals surface area contributed by atoms with E-state index in [0.29, 0.717) is 6.54 Å². The first-order valence-corrected chi connectivity index (χ1v) is 3.73. The second-order valence-corrected chi connectivity index (χ2v) is 3.04. The van der Waals surface area contributed by atoms with Crippen LogP contribution in [-0.4, -0.2) is 44.3 Å². The zero-order valence-corrected chi connectivity index (χ0v) is 6.60. The molecule has 1 aliphatic heterocycles. The molecule has 0 spiro atoms. The maximum absolute atomic E-state index is 13.0. The number of halogens is 1. The summed E-state index contributed by atoms with van der Waals surface area (Å²) < 4.78 is 13.0. The van der Waals surface area contributed by atoms with Crippen molar-refractivity contribution >= 4 is 0 Å². The largest absolute Gasteiger partial charge is 0.314 e. The van der Waals surface area contributed by atoms with Crippen molar-refractivity contribution in [1.29, 1.82) is 0 Å². The molecule has 3 heteroatoms. The third-order valence-electron chi connectivity index (χ3n) is 2.04. The van der Waals surface area contributed by atoms with Crippen LogP contribution in [0.15, 0.2) is 0 Å². The molecule has 0 unspecified atom stereocenters. The van der Waals surface area contributed by atoms with Gasteiger partial charge in [0, 0.05) is 12.6 Å². The van der Waals surface area contributed by atoms with E-state index < -0.39 is 6.17 Å². The quantitative estimate of drug-likeness (QED) is 0.570. The van der Waals surface area contributed by atoms with Crippen LogP contribution in [0.4, 0.5) is 4.39 Å². The number of rotatable bonds is 1. The first-order valence-electron chi connectivity index (χ1n) is 3.73. The molecule has 1 aliphatic rings. The van der Waals surface area contributed by atoms with Gasteiger partial charge in [-0.05, 0) is 27.1 Å². The van der Waals surface area contributed by atoms with Crippen LogP contribution in [0.1, 0.15) is 6.42 Å². The maximum Gasteiger partial charge on any atom is 0.128 e. The van der Waals surface area contributed by atoms with Crippen molar-refractivity contribution in [2.75, 3.05) is 27.2 Å². The van der Waals surface area contributed by atoms with Crippen LogP contribution in [0, 0.1) is 0 Å². The molecule has 0 aromatic heterocycles. The van der Waals surface area contributed by atoms with Gasteiger partial charge in [-0.2, -0.15) is 0 Å². The van der Waals surface area contributed by atoms with Gasteiger partial charge in [-0.1, -0.05) is 0 Å². The summed E-state index contributed by atoms with van der Waals surface area (Å²) >= 11 is 0. The van der Waals surface area contributed by atoms with Gasteiger partial charge in [0.05, 0.1) is 0 Å². The van der Waals surface area contributed by atoms with Crippen molar-refractivity contribution in [1.82, 2.24) is 10.2 Å². The predicted octanol–water partition coefficient (Wildman–Crippen LogP) is 0.248. The van der Waals surface area contributed by atoms with Crippen LogP contribution in [0.5, 0.6) is 0 Å². The minimum atomic E-state index is -0.691. The van der Waals surface area contributed by atoms with Crippen LogP contribution in [0.2, 0.25) is 0 Å². The molecule has 1 N–H and O–H groups in total. The fraction of sp³-hybridized carbons (Fsp3) is 1.00. The molecule has 0 radical (unpaired) electrons. The molecule has 0 aromatic rings. The minimum Gasteiger partial charge on any atom is -0.314 e. The second-order valence-electron chi connectivity index (χ2n) is 3.04. The van der Waals surface area contributed by atoms with E-state index in [1.165, 1.54) is 0 Å². The molecule has 2 nitrogen and oxygen atoms in total. The number of nitrogens with one attached hydrogen (secondary N) is 1. The number of hydrogen-bond acceptors (Lipinski definition) is 2. The van der Waals surface area contributed by atoms with Crippen molar-refractivity contribution in [3.05, 3.63) is 0 Å². The highest BCUT2D eigenvalue weighted by molar-refractivity contribution is 4.82. The molecular weight excluding hydrogens is 131 g/mol. The molecule has 0 aromatic carbocycles. The molecule has 0 bridgehead atoms. The highest BCUT2D eigenvalue weighted by Crippen LogP contribution is 2.11. The zero-order valence-electron chi connectivity index (χ0n) is 6.60. The van der Waals surface area contributed by atoms with Crippen LogP contribution in [0.3, 0.4) is 0 Å². The topological polar surface area (TPSA) is 15.3 Å². The van der Waals surface area contributed by atoms with Crippen molar-refractivity contribution in [3.63, 3.8) is 0 Å². The Kier molecular flexibility index (Phi) is 2.63. The number of piperidine rings is 1. The van der Waals surface area contributed by atoms with Gasteiger partial charge in [0.25, 0.3) is 0 Å². The molecule has 0 saturated carbocycles. The molecule has 10 heavy (non-hydrogen) atoms. The summed E-state index contributed by atoms with van der Waals surface area (Å²) in [4.78, 5) is 1.96. The first-order chi connectivity index (χ1) is 4.72. The van der Waals surface area contributed by atoms with Crippen molar-refractivity contribution in [3.8, 4) is 0 Å². The number of alkyl halides is 1. The Morgan fingerprint density at radius 2 is 2.20 bits per heavy atom. The SMILES string of the molecule is CN(C)[C@@H]1CCNC[C@@H]1F. The van der Waals surface area contributed by atoms with E-state index >= 15 is 0 Å². The minimum absolute atomic E-state index is 0.126. The van der Waals surface area contributed by atoms with E-state index in [2.05, 4.69) is 5.32 Å². The van der Waals surface area contributed by atoms with Gasteiger partial charge in [0.15, 0.2) is 0 Å². The molecule has 1 rings (SSSR count). The second kappa shape index (κ2) is 3.30. The molecule has 1 fully saturated rings. The van der Waals surface area contributed by atoms with Crippen molar-refractivity contribution < 1.29 is 4.39 Å². The van der Waals surface area contributed by atoms with Crippen molar-refractivity contribution in [2.45, 2.75) is 18.6 Å². The van der Waals surface area contributed by atoms with Crippen LogP contribution >= 0.6 is 0 Å². The van der Waals surface area contributed by atoms with E-state index in [9.17, 15) is 4.39 Å². The fourth-order valence-corrected chi connectivity index (χ4v) is 1.39. The van der Waals surface area contributed by atoms with Crippen LogP contribution < -0.4 is 5.32 Å². The Labute approximate surface area is 61.4 Å². The van der Waals surface area contributed by atoms with Gasteiger partial charge in [-0.25, -0.2) is 4.39 Å². The number of hydrogen-bond donors (Lipinski definition) is 1. The zero-order chi connectivity index (χ0) is 7.56. The monoisotopic (exact) mass is 146 g/mol. The van der Waals surface area contributed by atoms with E-state index in [1.54, 1.807) is 0 Å². The van der Waals surface area contributed by atoms with Gasteiger partial charge >= 0.3 is 0 Å². The van der Waals surface area contributed by atoms with Crippen molar-refractivity contribution in [2.24, 2.45) is 0 Å². The highest BCUT2D eigenvalue weighted by atomic mass is 19.1. The van der Waals surface area contributed by atoms with Gasteiger partial charge < -0.3 is 10.2 Å². The highest BCUT2D eigenvalue weighted by Gasteiger charge is 2.25. The lowest BCUT2D eigenvalue weighted by Crippen LogP contribution is -2.48. The molecule has 0 aliphatic carbocycles. The summed E-state index contributed by atoms with van der Waals surface area (Å²) in [5.41, 5.74) is 0. The fourth-order valence-electron chi connectivity index (χ4n) is 1.39. The molecule has 2 atom stereocenters. The average molecular weight is 146 g/mol. The molecular formula is C7H15FN2. The first kappa shape index (κ1) is 7.95. The average Bonchev–Trinajstić information content (AvgIpc) is 1.88. The van der Waals surface area contributed by atoms with E-state index in [-0.39, 0.29) is 6.04 Å². The summed E-state index contributed by atoms with van der Waals surface area (Å²) in [6, 6.07) is 0.126. The molecule has 60 valence electrons. The third-order valence-corrected chi connectivity index (χ3v) is 2.04. The Morgan fingerprint density at radius 3 is 2.60 bits per heavy atom. The van der Waals surface area contributed by atoms with E-state index in [1.807, 2.05) is 19.0 Å². The smallest absolute Gasteiger partial charge is 0.128 e. The van der Waals surface area contributed by atoms with Gasteiger partial charge in [-0.15, -0.1) is 0 Å². The van der Waals surface area contributed by atoms with Crippen LogP contribution in [-0.2, 0) is 0 Å². The normalized spacial score (nSPS) is 34.8.